The van der Waals surface area contributed by atoms with Crippen LogP contribution in [0.1, 0.15) is 17.5 Å². The summed E-state index contributed by atoms with van der Waals surface area (Å²) in [5, 5.41) is 13.5. The summed E-state index contributed by atoms with van der Waals surface area (Å²) in [4.78, 5) is 48.4. The van der Waals surface area contributed by atoms with Gasteiger partial charge in [-0.2, -0.15) is 0 Å². The molecule has 1 heterocycles. The van der Waals surface area contributed by atoms with Crippen molar-refractivity contribution in [2.24, 2.45) is 5.92 Å². The Balaban J connectivity index is 1.55. The first kappa shape index (κ1) is 21.0. The summed E-state index contributed by atoms with van der Waals surface area (Å²) >= 11 is 0. The molecule has 1 N–H and O–H groups in total. The number of hydrogen-bond acceptors (Lipinski definition) is 6. The van der Waals surface area contributed by atoms with Crippen LogP contribution in [-0.4, -0.2) is 35.9 Å². The first-order chi connectivity index (χ1) is 14.3. The molecule has 1 atom stereocenters. The molecule has 156 valence electrons. The van der Waals surface area contributed by atoms with Crippen molar-refractivity contribution in [1.82, 2.24) is 0 Å². The van der Waals surface area contributed by atoms with Gasteiger partial charge in [0.15, 0.2) is 6.61 Å². The molecule has 2 aromatic carbocycles. The Morgan fingerprint density at radius 2 is 1.80 bits per heavy atom. The maximum absolute atomic E-state index is 12.3. The van der Waals surface area contributed by atoms with E-state index in [0.717, 1.165) is 11.1 Å². The van der Waals surface area contributed by atoms with Crippen molar-refractivity contribution in [2.45, 2.75) is 20.3 Å². The smallest absolute Gasteiger partial charge is 0.311 e. The van der Waals surface area contributed by atoms with E-state index in [2.05, 4.69) is 5.32 Å². The molecule has 9 heteroatoms. The van der Waals surface area contributed by atoms with E-state index in [-0.39, 0.29) is 24.6 Å². The van der Waals surface area contributed by atoms with Gasteiger partial charge in [-0.3, -0.25) is 24.5 Å². The molecule has 1 saturated heterocycles. The number of nitro benzene ring substituents is 1. The van der Waals surface area contributed by atoms with Crippen molar-refractivity contribution in [1.29, 1.82) is 0 Å². The normalized spacial score (nSPS) is 15.7. The number of para-hydroxylation sites is 1. The molecule has 0 unspecified atom stereocenters. The number of nitro groups is 1. The predicted octanol–water partition coefficient (Wildman–Crippen LogP) is 2.75. The van der Waals surface area contributed by atoms with Gasteiger partial charge in [0.2, 0.25) is 5.91 Å². The third-order valence-electron chi connectivity index (χ3n) is 4.92. The molecule has 2 amide bonds. The van der Waals surface area contributed by atoms with Crippen molar-refractivity contribution in [3.8, 4) is 0 Å². The summed E-state index contributed by atoms with van der Waals surface area (Å²) in [7, 11) is 0. The number of ether oxygens (including phenoxy) is 1. The number of non-ortho nitro benzene ring substituents is 1. The third kappa shape index (κ3) is 4.62. The van der Waals surface area contributed by atoms with Gasteiger partial charge in [-0.1, -0.05) is 18.2 Å². The molecule has 0 spiro atoms. The third-order valence-corrected chi connectivity index (χ3v) is 4.92. The average molecular weight is 411 g/mol. The molecule has 3 rings (SSSR count). The molecule has 9 nitrogen and oxygen atoms in total. The Morgan fingerprint density at radius 1 is 1.17 bits per heavy atom. The molecule has 2 aromatic rings. The topological polar surface area (TPSA) is 119 Å². The Morgan fingerprint density at radius 3 is 2.40 bits per heavy atom. The lowest BCUT2D eigenvalue weighted by Crippen LogP contribution is -2.28. The molecule has 0 radical (unpaired) electrons. The van der Waals surface area contributed by atoms with Gasteiger partial charge < -0.3 is 15.0 Å². The van der Waals surface area contributed by atoms with Gasteiger partial charge in [0.1, 0.15) is 0 Å². The van der Waals surface area contributed by atoms with Crippen LogP contribution in [0.5, 0.6) is 0 Å². The SMILES string of the molecule is Cc1cccc(C)c1NC(=O)COC(=O)[C@H]1CC(=O)N(c2ccc([N+](=O)[O-])cc2)C1. The first-order valence-corrected chi connectivity index (χ1v) is 9.34. The van der Waals surface area contributed by atoms with E-state index in [9.17, 15) is 24.5 Å². The van der Waals surface area contributed by atoms with Crippen LogP contribution in [0.3, 0.4) is 0 Å². The fraction of sp³-hybridized carbons (Fsp3) is 0.286. The second-order valence-corrected chi connectivity index (χ2v) is 7.10. The number of anilines is 2. The standard InChI is InChI=1S/C21H21N3O6/c1-13-4-3-5-14(2)20(13)22-18(25)12-30-21(27)15-10-19(26)23(11-15)16-6-8-17(9-7-16)24(28)29/h3-9,15H,10-12H2,1-2H3,(H,22,25)/t15-/m0/s1. The first-order valence-electron chi connectivity index (χ1n) is 9.34. The highest BCUT2D eigenvalue weighted by Crippen LogP contribution is 2.27. The molecule has 1 aliphatic heterocycles. The Bertz CT molecular complexity index is 982. The number of amides is 2. The quantitative estimate of drug-likeness (QED) is 0.443. The molecule has 0 aliphatic carbocycles. The van der Waals surface area contributed by atoms with Crippen LogP contribution in [0.25, 0.3) is 0 Å². The number of esters is 1. The molecular formula is C21H21N3O6. The summed E-state index contributed by atoms with van der Waals surface area (Å²) in [6.45, 7) is 3.37. The fourth-order valence-corrected chi connectivity index (χ4v) is 3.31. The zero-order chi connectivity index (χ0) is 21.8. The van der Waals surface area contributed by atoms with Crippen molar-refractivity contribution < 1.29 is 24.0 Å². The summed E-state index contributed by atoms with van der Waals surface area (Å²) in [6, 6.07) is 11.1. The zero-order valence-electron chi connectivity index (χ0n) is 16.6. The van der Waals surface area contributed by atoms with Crippen LogP contribution in [0.15, 0.2) is 42.5 Å². The largest absolute Gasteiger partial charge is 0.455 e. The predicted molar refractivity (Wildman–Crippen MR) is 109 cm³/mol. The molecular weight excluding hydrogens is 390 g/mol. The Hall–Kier alpha value is -3.75. The minimum Gasteiger partial charge on any atom is -0.455 e. The van der Waals surface area contributed by atoms with Crippen molar-refractivity contribution >= 4 is 34.8 Å². The highest BCUT2D eigenvalue weighted by atomic mass is 16.6. The van der Waals surface area contributed by atoms with Crippen LogP contribution in [0.4, 0.5) is 17.1 Å². The van der Waals surface area contributed by atoms with E-state index < -0.39 is 29.3 Å². The molecule has 0 aromatic heterocycles. The van der Waals surface area contributed by atoms with E-state index in [1.807, 2.05) is 32.0 Å². The second kappa shape index (κ2) is 8.73. The average Bonchev–Trinajstić information content (AvgIpc) is 3.11. The summed E-state index contributed by atoms with van der Waals surface area (Å²) in [6.07, 6.45) is -0.0473. The minimum absolute atomic E-state index is 0.0473. The van der Waals surface area contributed by atoms with Crippen LogP contribution in [-0.2, 0) is 19.1 Å². The lowest BCUT2D eigenvalue weighted by atomic mass is 10.1. The molecule has 1 aliphatic rings. The maximum atomic E-state index is 12.3. The van der Waals surface area contributed by atoms with E-state index in [4.69, 9.17) is 4.74 Å². The van der Waals surface area contributed by atoms with Gasteiger partial charge in [0.05, 0.1) is 10.8 Å². The monoisotopic (exact) mass is 411 g/mol. The van der Waals surface area contributed by atoms with E-state index in [0.29, 0.717) is 11.4 Å². The highest BCUT2D eigenvalue weighted by molar-refractivity contribution is 6.00. The Kier molecular flexibility index (Phi) is 6.10. The number of benzene rings is 2. The van der Waals surface area contributed by atoms with E-state index in [1.54, 1.807) is 0 Å². The molecule has 0 bridgehead atoms. The summed E-state index contributed by atoms with van der Waals surface area (Å²) in [5.74, 6) is -2.09. The number of nitrogens with one attached hydrogen (secondary N) is 1. The van der Waals surface area contributed by atoms with E-state index >= 15 is 0 Å². The van der Waals surface area contributed by atoms with Gasteiger partial charge >= 0.3 is 5.97 Å². The zero-order valence-corrected chi connectivity index (χ0v) is 16.6. The van der Waals surface area contributed by atoms with Crippen molar-refractivity contribution in [3.05, 3.63) is 63.7 Å². The summed E-state index contributed by atoms with van der Waals surface area (Å²) < 4.78 is 5.10. The van der Waals surface area contributed by atoms with Gasteiger partial charge in [-0.05, 0) is 37.1 Å². The second-order valence-electron chi connectivity index (χ2n) is 7.10. The summed E-state index contributed by atoms with van der Waals surface area (Å²) in [5.41, 5.74) is 2.86. The number of aryl methyl sites for hydroxylation is 2. The van der Waals surface area contributed by atoms with E-state index in [1.165, 1.54) is 29.2 Å². The molecule has 0 saturated carbocycles. The van der Waals surface area contributed by atoms with Crippen molar-refractivity contribution in [2.75, 3.05) is 23.4 Å². The van der Waals surface area contributed by atoms with Crippen LogP contribution in [0, 0.1) is 29.9 Å². The lowest BCUT2D eigenvalue weighted by molar-refractivity contribution is -0.384. The minimum atomic E-state index is -0.708. The van der Waals surface area contributed by atoms with Crippen LogP contribution in [0.2, 0.25) is 0 Å². The maximum Gasteiger partial charge on any atom is 0.311 e. The molecule has 1 fully saturated rings. The lowest BCUT2D eigenvalue weighted by Gasteiger charge is -2.16. The van der Waals surface area contributed by atoms with Gasteiger partial charge in [0.25, 0.3) is 11.6 Å². The highest BCUT2D eigenvalue weighted by Gasteiger charge is 2.36. The Labute approximate surface area is 172 Å². The fourth-order valence-electron chi connectivity index (χ4n) is 3.31. The number of carbonyl (C=O) groups excluding carboxylic acids is 3. The number of rotatable bonds is 6. The number of nitrogens with zero attached hydrogens (tertiary/aromatic N) is 2. The number of hydrogen-bond donors (Lipinski definition) is 1. The van der Waals surface area contributed by atoms with Gasteiger partial charge in [-0.25, -0.2) is 0 Å². The van der Waals surface area contributed by atoms with Crippen LogP contribution < -0.4 is 10.2 Å². The van der Waals surface area contributed by atoms with Gasteiger partial charge in [-0.15, -0.1) is 0 Å². The number of carbonyl (C=O) groups is 3. The van der Waals surface area contributed by atoms with Crippen LogP contribution >= 0.6 is 0 Å². The van der Waals surface area contributed by atoms with Crippen molar-refractivity contribution in [3.63, 3.8) is 0 Å². The molecule has 30 heavy (non-hydrogen) atoms. The van der Waals surface area contributed by atoms with Gasteiger partial charge in [0, 0.05) is 36.5 Å².